The van der Waals surface area contributed by atoms with Crippen LogP contribution in [0, 0.1) is 5.92 Å². The third kappa shape index (κ3) is 5.50. The summed E-state index contributed by atoms with van der Waals surface area (Å²) < 4.78 is 65.8. The van der Waals surface area contributed by atoms with Gasteiger partial charge >= 0.3 is 6.18 Å². The SMILES string of the molecule is O=C(NC1CCC(CN2C(=O)C(O)(c3ccc(C(F)(F)F)cn3)c3ccccc32)CC1)c1cc(Cl)cnc1C(F)F. The van der Waals surface area contributed by atoms with E-state index >= 15 is 0 Å². The highest BCUT2D eigenvalue weighted by Crippen LogP contribution is 2.45. The molecule has 3 heterocycles. The summed E-state index contributed by atoms with van der Waals surface area (Å²) in [5, 5.41) is 14.4. The first-order chi connectivity index (χ1) is 19.4. The largest absolute Gasteiger partial charge is 0.417 e. The topological polar surface area (TPSA) is 95.4 Å². The Morgan fingerprint density at radius 1 is 1.10 bits per heavy atom. The minimum absolute atomic E-state index is 0.0208. The van der Waals surface area contributed by atoms with Gasteiger partial charge in [0.1, 0.15) is 5.69 Å². The summed E-state index contributed by atoms with van der Waals surface area (Å²) >= 11 is 5.85. The van der Waals surface area contributed by atoms with E-state index in [4.69, 9.17) is 11.6 Å². The van der Waals surface area contributed by atoms with Gasteiger partial charge in [-0.1, -0.05) is 29.8 Å². The number of pyridine rings is 2. The second-order valence-electron chi connectivity index (χ2n) is 10.2. The van der Waals surface area contributed by atoms with E-state index in [2.05, 4.69) is 15.3 Å². The lowest BCUT2D eigenvalue weighted by Crippen LogP contribution is -2.45. The zero-order chi connectivity index (χ0) is 29.5. The monoisotopic (exact) mass is 594 g/mol. The highest BCUT2D eigenvalue weighted by Gasteiger charge is 2.52. The molecule has 0 bridgehead atoms. The number of hydrogen-bond donors (Lipinski definition) is 2. The Balaban J connectivity index is 1.27. The van der Waals surface area contributed by atoms with E-state index < -0.39 is 41.3 Å². The Hall–Kier alpha value is -3.64. The zero-order valence-corrected chi connectivity index (χ0v) is 22.1. The maximum atomic E-state index is 13.6. The molecule has 216 valence electrons. The van der Waals surface area contributed by atoms with Crippen molar-refractivity contribution in [3.63, 3.8) is 0 Å². The first kappa shape index (κ1) is 28.9. The van der Waals surface area contributed by atoms with Gasteiger partial charge in [-0.15, -0.1) is 0 Å². The highest BCUT2D eigenvalue weighted by atomic mass is 35.5. The van der Waals surface area contributed by atoms with Crippen molar-refractivity contribution in [1.29, 1.82) is 0 Å². The number of hydrogen-bond acceptors (Lipinski definition) is 5. The quantitative estimate of drug-likeness (QED) is 0.359. The number of aromatic nitrogens is 2. The number of halogens is 6. The summed E-state index contributed by atoms with van der Waals surface area (Å²) in [4.78, 5) is 35.1. The summed E-state index contributed by atoms with van der Waals surface area (Å²) in [6, 6.07) is 9.14. The fraction of sp³-hybridized carbons (Fsp3) is 0.357. The molecule has 5 rings (SSSR count). The molecule has 1 fully saturated rings. The van der Waals surface area contributed by atoms with Gasteiger partial charge in [0, 0.05) is 30.5 Å². The van der Waals surface area contributed by atoms with Crippen molar-refractivity contribution in [2.75, 3.05) is 11.4 Å². The van der Waals surface area contributed by atoms with Gasteiger partial charge in [-0.05, 0) is 55.9 Å². The van der Waals surface area contributed by atoms with Gasteiger partial charge in [0.2, 0.25) is 5.60 Å². The molecule has 1 saturated carbocycles. The van der Waals surface area contributed by atoms with E-state index in [1.54, 1.807) is 18.2 Å². The molecule has 0 spiro atoms. The van der Waals surface area contributed by atoms with Crippen molar-refractivity contribution in [3.05, 3.63) is 88.0 Å². The highest BCUT2D eigenvalue weighted by molar-refractivity contribution is 6.30. The van der Waals surface area contributed by atoms with Gasteiger partial charge in [-0.3, -0.25) is 19.6 Å². The number of anilines is 1. The molecule has 1 aliphatic carbocycles. The molecule has 1 atom stereocenters. The first-order valence-corrected chi connectivity index (χ1v) is 13.2. The molecular formula is C28H24ClF5N4O3. The fourth-order valence-electron chi connectivity index (χ4n) is 5.46. The number of fused-ring (bicyclic) bond motifs is 1. The maximum Gasteiger partial charge on any atom is 0.417 e. The van der Waals surface area contributed by atoms with Crippen LogP contribution in [0.4, 0.5) is 27.6 Å². The molecular weight excluding hydrogens is 571 g/mol. The minimum Gasteiger partial charge on any atom is -0.370 e. The van der Waals surface area contributed by atoms with Crippen LogP contribution in [0.1, 0.15) is 65.0 Å². The number of nitrogens with zero attached hydrogens (tertiary/aromatic N) is 3. The van der Waals surface area contributed by atoms with Crippen LogP contribution in [0.15, 0.2) is 54.9 Å². The number of para-hydroxylation sites is 1. The molecule has 1 aliphatic heterocycles. The van der Waals surface area contributed by atoms with Gasteiger partial charge < -0.3 is 15.3 Å². The zero-order valence-electron chi connectivity index (χ0n) is 21.3. The molecule has 13 heteroatoms. The summed E-state index contributed by atoms with van der Waals surface area (Å²) in [6.07, 6.45) is -3.71. The normalized spacial score (nSPS) is 22.6. The molecule has 2 aliphatic rings. The lowest BCUT2D eigenvalue weighted by molar-refractivity contribution is -0.137. The maximum absolute atomic E-state index is 13.6. The van der Waals surface area contributed by atoms with Gasteiger partial charge in [0.15, 0.2) is 0 Å². The van der Waals surface area contributed by atoms with Crippen LogP contribution in [0.2, 0.25) is 5.02 Å². The third-order valence-corrected chi connectivity index (χ3v) is 7.77. The number of aliphatic hydroxyl groups is 1. The van der Waals surface area contributed by atoms with Gasteiger partial charge in [0.25, 0.3) is 18.2 Å². The standard InChI is InChI=1S/C28H24ClF5N4O3/c29-17-11-19(23(24(30)31)36-13-17)25(39)37-18-8-5-15(6-9-18)14-38-21-4-2-1-3-20(21)27(41,26(38)40)22-10-7-16(12-35-22)28(32,33)34/h1-4,7,10-13,15,18,24,41H,5-6,8-9,14H2,(H,37,39). The van der Waals surface area contributed by atoms with Crippen LogP contribution in [0.3, 0.4) is 0 Å². The molecule has 7 nitrogen and oxygen atoms in total. The number of nitrogens with one attached hydrogen (secondary N) is 1. The first-order valence-electron chi connectivity index (χ1n) is 12.8. The smallest absolute Gasteiger partial charge is 0.370 e. The van der Waals surface area contributed by atoms with Crippen molar-refractivity contribution < 1.29 is 36.6 Å². The molecule has 1 unspecified atom stereocenters. The molecule has 0 radical (unpaired) electrons. The average molecular weight is 595 g/mol. The van der Waals surface area contributed by atoms with Crippen molar-refractivity contribution in [3.8, 4) is 0 Å². The van der Waals surface area contributed by atoms with Crippen LogP contribution in [-0.2, 0) is 16.6 Å². The molecule has 41 heavy (non-hydrogen) atoms. The Labute approximate surface area is 236 Å². The predicted molar refractivity (Wildman–Crippen MR) is 138 cm³/mol. The number of benzene rings is 1. The Kier molecular flexibility index (Phi) is 7.73. The molecule has 2 amide bonds. The summed E-state index contributed by atoms with van der Waals surface area (Å²) in [6.45, 7) is 0.229. The third-order valence-electron chi connectivity index (χ3n) is 7.56. The van der Waals surface area contributed by atoms with E-state index in [1.807, 2.05) is 0 Å². The minimum atomic E-state index is -4.62. The van der Waals surface area contributed by atoms with E-state index in [9.17, 15) is 36.6 Å². The van der Waals surface area contributed by atoms with Gasteiger partial charge in [-0.2, -0.15) is 13.2 Å². The number of alkyl halides is 5. The predicted octanol–water partition coefficient (Wildman–Crippen LogP) is 5.66. The van der Waals surface area contributed by atoms with E-state index in [-0.39, 0.29) is 40.3 Å². The average Bonchev–Trinajstić information content (AvgIpc) is 3.16. The summed E-state index contributed by atoms with van der Waals surface area (Å²) in [5.41, 5.74) is -3.74. The van der Waals surface area contributed by atoms with Gasteiger partial charge in [-0.25, -0.2) is 8.78 Å². The number of carbonyl (C=O) groups excluding carboxylic acids is 2. The van der Waals surface area contributed by atoms with Crippen molar-refractivity contribution in [2.24, 2.45) is 5.92 Å². The lowest BCUT2D eigenvalue weighted by atomic mass is 9.85. The van der Waals surface area contributed by atoms with Crippen LogP contribution in [0.25, 0.3) is 0 Å². The summed E-state index contributed by atoms with van der Waals surface area (Å²) in [7, 11) is 0. The second kappa shape index (κ2) is 11.0. The molecule has 3 aromatic rings. The molecule has 1 aromatic carbocycles. The van der Waals surface area contributed by atoms with Crippen molar-refractivity contribution in [1.82, 2.24) is 15.3 Å². The number of carbonyl (C=O) groups is 2. The molecule has 0 saturated heterocycles. The van der Waals surface area contributed by atoms with Crippen molar-refractivity contribution >= 4 is 29.1 Å². The van der Waals surface area contributed by atoms with Crippen molar-refractivity contribution in [2.45, 2.75) is 49.9 Å². The van der Waals surface area contributed by atoms with E-state index in [0.29, 0.717) is 37.6 Å². The second-order valence-corrected chi connectivity index (χ2v) is 10.6. The van der Waals surface area contributed by atoms with Crippen LogP contribution in [0.5, 0.6) is 0 Å². The van der Waals surface area contributed by atoms with Crippen LogP contribution < -0.4 is 10.2 Å². The lowest BCUT2D eigenvalue weighted by Gasteiger charge is -2.32. The summed E-state index contributed by atoms with van der Waals surface area (Å²) in [5.74, 6) is -1.43. The Bertz CT molecular complexity index is 1460. The molecule has 2 aromatic heterocycles. The van der Waals surface area contributed by atoms with Crippen LogP contribution >= 0.6 is 11.6 Å². The van der Waals surface area contributed by atoms with E-state index in [1.165, 1.54) is 11.0 Å². The fourth-order valence-corrected chi connectivity index (χ4v) is 5.61. The number of rotatable bonds is 6. The Morgan fingerprint density at radius 2 is 1.80 bits per heavy atom. The van der Waals surface area contributed by atoms with Crippen LogP contribution in [-0.4, -0.2) is 39.5 Å². The van der Waals surface area contributed by atoms with Gasteiger partial charge in [0.05, 0.1) is 27.5 Å². The van der Waals surface area contributed by atoms with E-state index in [0.717, 1.165) is 24.4 Å². The Morgan fingerprint density at radius 3 is 2.44 bits per heavy atom. The number of amides is 2. The molecule has 2 N–H and O–H groups in total.